The van der Waals surface area contributed by atoms with Gasteiger partial charge in [0.1, 0.15) is 6.54 Å². The van der Waals surface area contributed by atoms with E-state index in [1.54, 1.807) is 28.0 Å². The molecule has 3 aromatic carbocycles. The van der Waals surface area contributed by atoms with Crippen molar-refractivity contribution in [1.29, 1.82) is 0 Å². The molecule has 0 unspecified atom stereocenters. The normalized spacial score (nSPS) is 22.6. The first-order valence-corrected chi connectivity index (χ1v) is 11.8. The van der Waals surface area contributed by atoms with E-state index in [-0.39, 0.29) is 49.8 Å². The summed E-state index contributed by atoms with van der Waals surface area (Å²) in [7, 11) is 0. The SMILES string of the molecule is Cc1cccc(-c2ccc([C@H]3[C@H]4CN(C(=O)c5ccc6c(c5)OCO6)CC(=O)N4[C@H]3CO)cc2)c1. The van der Waals surface area contributed by atoms with Gasteiger partial charge in [0.05, 0.1) is 18.7 Å². The van der Waals surface area contributed by atoms with Crippen LogP contribution in [-0.4, -0.2) is 65.3 Å². The quantitative estimate of drug-likeness (QED) is 0.634. The highest BCUT2D eigenvalue weighted by molar-refractivity contribution is 5.98. The minimum absolute atomic E-state index is 0.000703. The van der Waals surface area contributed by atoms with Crippen LogP contribution in [0.4, 0.5) is 0 Å². The van der Waals surface area contributed by atoms with Gasteiger partial charge in [-0.25, -0.2) is 0 Å². The summed E-state index contributed by atoms with van der Waals surface area (Å²) in [4.78, 5) is 29.6. The lowest BCUT2D eigenvalue weighted by Gasteiger charge is -2.58. The molecule has 178 valence electrons. The van der Waals surface area contributed by atoms with Gasteiger partial charge < -0.3 is 24.4 Å². The van der Waals surface area contributed by atoms with Gasteiger partial charge in [0.2, 0.25) is 12.7 Å². The van der Waals surface area contributed by atoms with E-state index in [0.29, 0.717) is 23.6 Å². The lowest BCUT2D eigenvalue weighted by Crippen LogP contribution is -2.73. The van der Waals surface area contributed by atoms with Crippen molar-refractivity contribution in [3.8, 4) is 22.6 Å². The molecule has 6 rings (SSSR count). The number of rotatable bonds is 4. The summed E-state index contributed by atoms with van der Waals surface area (Å²) in [5, 5.41) is 10.1. The standard InChI is InChI=1S/C28H26N2O5/c1-17-3-2-4-20(11-17)18-5-7-19(8-6-18)27-22-13-29(14-26(32)30(22)23(27)15-31)28(33)21-9-10-24-25(12-21)35-16-34-24/h2-12,22-23,27,31H,13-16H2,1H3/t22-,23+,27+/m1/s1. The van der Waals surface area contributed by atoms with E-state index in [4.69, 9.17) is 9.47 Å². The third kappa shape index (κ3) is 3.63. The molecule has 35 heavy (non-hydrogen) atoms. The summed E-state index contributed by atoms with van der Waals surface area (Å²) >= 11 is 0. The van der Waals surface area contributed by atoms with Crippen LogP contribution in [0.15, 0.2) is 66.7 Å². The van der Waals surface area contributed by atoms with Gasteiger partial charge in [-0.1, -0.05) is 54.1 Å². The first kappa shape index (κ1) is 21.7. The number of piperazine rings is 1. The minimum atomic E-state index is -0.278. The molecule has 2 fully saturated rings. The maximum atomic E-state index is 13.3. The van der Waals surface area contributed by atoms with E-state index in [0.717, 1.165) is 16.7 Å². The molecule has 3 atom stereocenters. The average Bonchev–Trinajstić information content (AvgIpc) is 3.33. The van der Waals surface area contributed by atoms with Crippen molar-refractivity contribution in [3.05, 3.63) is 83.4 Å². The zero-order valence-electron chi connectivity index (χ0n) is 19.4. The number of nitrogens with zero attached hydrogens (tertiary/aromatic N) is 2. The van der Waals surface area contributed by atoms with E-state index in [1.165, 1.54) is 5.56 Å². The molecule has 7 nitrogen and oxygen atoms in total. The van der Waals surface area contributed by atoms with Gasteiger partial charge >= 0.3 is 0 Å². The second-order valence-corrected chi connectivity index (χ2v) is 9.39. The number of carbonyl (C=O) groups excluding carboxylic acids is 2. The van der Waals surface area contributed by atoms with Crippen LogP contribution < -0.4 is 9.47 Å². The first-order chi connectivity index (χ1) is 17.0. The van der Waals surface area contributed by atoms with Gasteiger partial charge in [0.25, 0.3) is 5.91 Å². The van der Waals surface area contributed by atoms with Crippen molar-refractivity contribution < 1.29 is 24.2 Å². The average molecular weight is 471 g/mol. The maximum Gasteiger partial charge on any atom is 0.254 e. The lowest BCUT2D eigenvalue weighted by atomic mass is 9.73. The highest BCUT2D eigenvalue weighted by Gasteiger charge is 2.54. The summed E-state index contributed by atoms with van der Waals surface area (Å²) in [5.41, 5.74) is 5.00. The Morgan fingerprint density at radius 1 is 1.00 bits per heavy atom. The third-order valence-electron chi connectivity index (χ3n) is 7.31. The molecule has 1 N–H and O–H groups in total. The molecule has 3 heterocycles. The van der Waals surface area contributed by atoms with E-state index >= 15 is 0 Å². The van der Waals surface area contributed by atoms with Crippen LogP contribution >= 0.6 is 0 Å². The lowest BCUT2D eigenvalue weighted by molar-refractivity contribution is -0.159. The molecule has 0 saturated carbocycles. The Labute approximate surface area is 203 Å². The Bertz CT molecular complexity index is 1300. The van der Waals surface area contributed by atoms with Gasteiger partial charge in [-0.05, 0) is 41.8 Å². The van der Waals surface area contributed by atoms with E-state index in [1.807, 2.05) is 6.07 Å². The summed E-state index contributed by atoms with van der Waals surface area (Å²) < 4.78 is 10.7. The molecule has 2 saturated heterocycles. The number of carbonyl (C=O) groups is 2. The molecule has 0 aromatic heterocycles. The predicted octanol–water partition coefficient (Wildman–Crippen LogP) is 3.20. The molecule has 0 bridgehead atoms. The Balaban J connectivity index is 1.24. The van der Waals surface area contributed by atoms with Crippen molar-refractivity contribution in [1.82, 2.24) is 9.80 Å². The third-order valence-corrected chi connectivity index (χ3v) is 7.31. The Hall–Kier alpha value is -3.84. The number of ether oxygens (including phenoxy) is 2. The van der Waals surface area contributed by atoms with Crippen molar-refractivity contribution in [3.63, 3.8) is 0 Å². The van der Waals surface area contributed by atoms with E-state index < -0.39 is 0 Å². The van der Waals surface area contributed by atoms with Gasteiger partial charge in [-0.2, -0.15) is 0 Å². The molecule has 2 amide bonds. The number of aliphatic hydroxyl groups excluding tert-OH is 1. The van der Waals surface area contributed by atoms with E-state index in [9.17, 15) is 14.7 Å². The molecule has 3 aromatic rings. The number of hydrogen-bond donors (Lipinski definition) is 1. The number of hydrogen-bond acceptors (Lipinski definition) is 5. The second-order valence-electron chi connectivity index (χ2n) is 9.39. The fraction of sp³-hybridized carbons (Fsp3) is 0.286. The molecule has 3 aliphatic rings. The number of aryl methyl sites for hydroxylation is 1. The Morgan fingerprint density at radius 2 is 1.80 bits per heavy atom. The smallest absolute Gasteiger partial charge is 0.254 e. The molecule has 7 heteroatoms. The molecular weight excluding hydrogens is 444 g/mol. The minimum Gasteiger partial charge on any atom is -0.454 e. The van der Waals surface area contributed by atoms with E-state index in [2.05, 4.69) is 49.4 Å². The highest BCUT2D eigenvalue weighted by atomic mass is 16.7. The molecule has 0 radical (unpaired) electrons. The maximum absolute atomic E-state index is 13.3. The van der Waals surface area contributed by atoms with Crippen molar-refractivity contribution in [2.24, 2.45) is 0 Å². The first-order valence-electron chi connectivity index (χ1n) is 11.8. The monoisotopic (exact) mass is 470 g/mol. The number of fused-ring (bicyclic) bond motifs is 2. The van der Waals surface area contributed by atoms with Gasteiger partial charge in [-0.15, -0.1) is 0 Å². The van der Waals surface area contributed by atoms with Gasteiger partial charge in [0.15, 0.2) is 11.5 Å². The summed E-state index contributed by atoms with van der Waals surface area (Å²) in [6, 6.07) is 21.3. The van der Waals surface area contributed by atoms with Crippen LogP contribution in [0.25, 0.3) is 11.1 Å². The van der Waals surface area contributed by atoms with Crippen LogP contribution in [-0.2, 0) is 4.79 Å². The van der Waals surface area contributed by atoms with Crippen LogP contribution in [0, 0.1) is 6.92 Å². The predicted molar refractivity (Wildman–Crippen MR) is 129 cm³/mol. The Morgan fingerprint density at radius 3 is 2.57 bits per heavy atom. The summed E-state index contributed by atoms with van der Waals surface area (Å²) in [5.74, 6) is 0.764. The Kier molecular flexibility index (Phi) is 5.22. The number of benzene rings is 3. The number of aliphatic hydroxyl groups is 1. The van der Waals surface area contributed by atoms with Crippen LogP contribution in [0.2, 0.25) is 0 Å². The molecule has 3 aliphatic heterocycles. The fourth-order valence-electron chi connectivity index (χ4n) is 5.59. The van der Waals surface area contributed by atoms with Gasteiger partial charge in [-0.3, -0.25) is 9.59 Å². The summed E-state index contributed by atoms with van der Waals surface area (Å²) in [6.45, 7) is 2.52. The summed E-state index contributed by atoms with van der Waals surface area (Å²) in [6.07, 6.45) is 0. The van der Waals surface area contributed by atoms with Gasteiger partial charge in [0, 0.05) is 18.0 Å². The number of amides is 2. The largest absolute Gasteiger partial charge is 0.454 e. The zero-order chi connectivity index (χ0) is 24.1. The van der Waals surface area contributed by atoms with Crippen LogP contribution in [0.5, 0.6) is 11.5 Å². The molecule has 0 aliphatic carbocycles. The highest BCUT2D eigenvalue weighted by Crippen LogP contribution is 2.43. The molecular formula is C28H26N2O5. The van der Waals surface area contributed by atoms with Crippen molar-refractivity contribution >= 4 is 11.8 Å². The molecule has 0 spiro atoms. The second kappa shape index (κ2) is 8.43. The van der Waals surface area contributed by atoms with Crippen molar-refractivity contribution in [2.75, 3.05) is 26.5 Å². The zero-order valence-corrected chi connectivity index (χ0v) is 19.4. The fourth-order valence-corrected chi connectivity index (χ4v) is 5.59. The van der Waals surface area contributed by atoms with Crippen molar-refractivity contribution in [2.45, 2.75) is 24.9 Å². The van der Waals surface area contributed by atoms with Crippen LogP contribution in [0.1, 0.15) is 27.4 Å². The topological polar surface area (TPSA) is 79.3 Å². The van der Waals surface area contributed by atoms with Crippen LogP contribution in [0.3, 0.4) is 0 Å².